The third-order valence-corrected chi connectivity index (χ3v) is 4.57. The number of nitrogens with zero attached hydrogens (tertiary/aromatic N) is 1. The molecule has 26 heavy (non-hydrogen) atoms. The lowest BCUT2D eigenvalue weighted by atomic mass is 10.1. The van der Waals surface area contributed by atoms with E-state index in [0.29, 0.717) is 11.3 Å². The van der Waals surface area contributed by atoms with Crippen LogP contribution in [0, 0.1) is 0 Å². The maximum Gasteiger partial charge on any atom is 0.255 e. The van der Waals surface area contributed by atoms with E-state index >= 15 is 0 Å². The lowest BCUT2D eigenvalue weighted by Gasteiger charge is -2.27. The third kappa shape index (κ3) is 4.42. The van der Waals surface area contributed by atoms with E-state index in [1.54, 1.807) is 19.2 Å². The quantitative estimate of drug-likeness (QED) is 0.896. The van der Waals surface area contributed by atoms with E-state index in [0.717, 1.165) is 37.2 Å². The van der Waals surface area contributed by atoms with Gasteiger partial charge in [-0.15, -0.1) is 0 Å². The molecule has 1 fully saturated rings. The first-order valence-electron chi connectivity index (χ1n) is 8.98. The van der Waals surface area contributed by atoms with Crippen LogP contribution < -0.4 is 10.1 Å². The summed E-state index contributed by atoms with van der Waals surface area (Å²) in [6.45, 7) is 1.57. The SMILES string of the molecule is COc1cccc(CC(=O)Nc2ccccc2C(=O)N2CCCCC2)c1. The Morgan fingerprint density at radius 1 is 1.04 bits per heavy atom. The van der Waals surface area contributed by atoms with Crippen molar-refractivity contribution in [2.75, 3.05) is 25.5 Å². The molecule has 0 spiro atoms. The van der Waals surface area contributed by atoms with Crippen LogP contribution >= 0.6 is 0 Å². The van der Waals surface area contributed by atoms with E-state index < -0.39 is 0 Å². The fourth-order valence-electron chi connectivity index (χ4n) is 3.21. The van der Waals surface area contributed by atoms with E-state index in [9.17, 15) is 9.59 Å². The van der Waals surface area contributed by atoms with E-state index in [1.165, 1.54) is 6.42 Å². The van der Waals surface area contributed by atoms with Crippen molar-refractivity contribution in [1.29, 1.82) is 0 Å². The molecule has 0 aromatic heterocycles. The van der Waals surface area contributed by atoms with Crippen molar-refractivity contribution in [1.82, 2.24) is 4.90 Å². The van der Waals surface area contributed by atoms with Crippen molar-refractivity contribution in [3.63, 3.8) is 0 Å². The number of hydrogen-bond acceptors (Lipinski definition) is 3. The highest BCUT2D eigenvalue weighted by molar-refractivity contribution is 6.04. The maximum absolute atomic E-state index is 12.8. The zero-order valence-corrected chi connectivity index (χ0v) is 15.0. The summed E-state index contributed by atoms with van der Waals surface area (Å²) in [5.41, 5.74) is 1.98. The maximum atomic E-state index is 12.8. The lowest BCUT2D eigenvalue weighted by Crippen LogP contribution is -2.36. The molecule has 2 aromatic carbocycles. The Morgan fingerprint density at radius 2 is 1.81 bits per heavy atom. The summed E-state index contributed by atoms with van der Waals surface area (Å²) >= 11 is 0. The number of piperidine rings is 1. The molecule has 1 saturated heterocycles. The minimum absolute atomic E-state index is 0.0121. The molecule has 1 aliphatic rings. The van der Waals surface area contributed by atoms with E-state index in [1.807, 2.05) is 41.3 Å². The van der Waals surface area contributed by atoms with Crippen molar-refractivity contribution in [2.24, 2.45) is 0 Å². The number of anilines is 1. The first kappa shape index (κ1) is 18.0. The Labute approximate surface area is 154 Å². The molecule has 136 valence electrons. The van der Waals surface area contributed by atoms with E-state index in [2.05, 4.69) is 5.32 Å². The van der Waals surface area contributed by atoms with Crippen LogP contribution in [-0.2, 0) is 11.2 Å². The highest BCUT2D eigenvalue weighted by Gasteiger charge is 2.21. The van der Waals surface area contributed by atoms with Crippen LogP contribution in [0.25, 0.3) is 0 Å². The first-order valence-corrected chi connectivity index (χ1v) is 8.98. The molecule has 0 aliphatic carbocycles. The van der Waals surface area contributed by atoms with E-state index in [4.69, 9.17) is 4.74 Å². The molecule has 5 nitrogen and oxygen atoms in total. The van der Waals surface area contributed by atoms with Gasteiger partial charge in [0.15, 0.2) is 0 Å². The summed E-state index contributed by atoms with van der Waals surface area (Å²) in [6, 6.07) is 14.6. The fraction of sp³-hybridized carbons (Fsp3) is 0.333. The molecule has 1 heterocycles. The van der Waals surface area contributed by atoms with Crippen LogP contribution in [0.4, 0.5) is 5.69 Å². The molecular weight excluding hydrogens is 328 g/mol. The van der Waals surface area contributed by atoms with Gasteiger partial charge in [0, 0.05) is 13.1 Å². The van der Waals surface area contributed by atoms with Gasteiger partial charge in [0.1, 0.15) is 5.75 Å². The van der Waals surface area contributed by atoms with Crippen LogP contribution in [0.5, 0.6) is 5.75 Å². The number of methoxy groups -OCH3 is 1. The number of nitrogens with one attached hydrogen (secondary N) is 1. The zero-order chi connectivity index (χ0) is 18.4. The topological polar surface area (TPSA) is 58.6 Å². The number of carbonyl (C=O) groups excluding carboxylic acids is 2. The number of benzene rings is 2. The summed E-state index contributed by atoms with van der Waals surface area (Å²) in [7, 11) is 1.60. The van der Waals surface area contributed by atoms with Gasteiger partial charge in [-0.2, -0.15) is 0 Å². The zero-order valence-electron chi connectivity index (χ0n) is 15.0. The predicted octanol–water partition coefficient (Wildman–Crippen LogP) is 3.50. The molecule has 1 N–H and O–H groups in total. The standard InChI is InChI=1S/C21H24N2O3/c1-26-17-9-7-8-16(14-17)15-20(24)22-19-11-4-3-10-18(19)21(25)23-12-5-2-6-13-23/h3-4,7-11,14H,2,5-6,12-13,15H2,1H3,(H,22,24). The van der Waals surface area contributed by atoms with Crippen molar-refractivity contribution < 1.29 is 14.3 Å². The molecule has 3 rings (SSSR count). The highest BCUT2D eigenvalue weighted by Crippen LogP contribution is 2.21. The second kappa shape index (κ2) is 8.52. The van der Waals surface area contributed by atoms with Crippen molar-refractivity contribution >= 4 is 17.5 Å². The second-order valence-corrected chi connectivity index (χ2v) is 6.47. The molecule has 2 aromatic rings. The minimum atomic E-state index is -0.155. The first-order chi connectivity index (χ1) is 12.7. The lowest BCUT2D eigenvalue weighted by molar-refractivity contribution is -0.115. The number of para-hydroxylation sites is 1. The average Bonchev–Trinajstić information content (AvgIpc) is 2.68. The molecule has 0 unspecified atom stereocenters. The normalized spacial score (nSPS) is 14.0. The Kier molecular flexibility index (Phi) is 5.89. The number of rotatable bonds is 5. The van der Waals surface area contributed by atoms with Gasteiger partial charge in [0.25, 0.3) is 5.91 Å². The third-order valence-electron chi connectivity index (χ3n) is 4.57. The van der Waals surface area contributed by atoms with Crippen LogP contribution in [0.1, 0.15) is 35.2 Å². The van der Waals surface area contributed by atoms with Gasteiger partial charge in [-0.05, 0) is 49.1 Å². The number of hydrogen-bond donors (Lipinski definition) is 1. The Balaban J connectivity index is 1.71. The van der Waals surface area contributed by atoms with Gasteiger partial charge in [0.2, 0.25) is 5.91 Å². The van der Waals surface area contributed by atoms with Crippen molar-refractivity contribution in [2.45, 2.75) is 25.7 Å². The van der Waals surface area contributed by atoms with Gasteiger partial charge >= 0.3 is 0 Å². The van der Waals surface area contributed by atoms with Gasteiger partial charge < -0.3 is 15.0 Å². The molecule has 0 atom stereocenters. The van der Waals surface area contributed by atoms with Gasteiger partial charge in [0.05, 0.1) is 24.8 Å². The van der Waals surface area contributed by atoms with Crippen LogP contribution in [0.15, 0.2) is 48.5 Å². The largest absolute Gasteiger partial charge is 0.497 e. The molecule has 0 bridgehead atoms. The summed E-state index contributed by atoms with van der Waals surface area (Å²) in [5, 5.41) is 2.89. The summed E-state index contributed by atoms with van der Waals surface area (Å²) in [4.78, 5) is 27.1. The van der Waals surface area contributed by atoms with Crippen molar-refractivity contribution in [3.05, 3.63) is 59.7 Å². The number of amides is 2. The average molecular weight is 352 g/mol. The number of carbonyl (C=O) groups is 2. The Morgan fingerprint density at radius 3 is 2.58 bits per heavy atom. The van der Waals surface area contributed by atoms with Gasteiger partial charge in [-0.25, -0.2) is 0 Å². The monoisotopic (exact) mass is 352 g/mol. The Hall–Kier alpha value is -2.82. The summed E-state index contributed by atoms with van der Waals surface area (Å²) in [5.74, 6) is 0.551. The van der Waals surface area contributed by atoms with E-state index in [-0.39, 0.29) is 18.2 Å². The summed E-state index contributed by atoms with van der Waals surface area (Å²) < 4.78 is 5.19. The predicted molar refractivity (Wildman–Crippen MR) is 102 cm³/mol. The minimum Gasteiger partial charge on any atom is -0.497 e. The molecule has 1 aliphatic heterocycles. The molecule has 5 heteroatoms. The fourth-order valence-corrected chi connectivity index (χ4v) is 3.21. The number of ether oxygens (including phenoxy) is 1. The number of likely N-dealkylation sites (tertiary alicyclic amines) is 1. The summed E-state index contributed by atoms with van der Waals surface area (Å²) in [6.07, 6.45) is 3.47. The van der Waals surface area contributed by atoms with Crippen LogP contribution in [0.3, 0.4) is 0 Å². The van der Waals surface area contributed by atoms with Crippen LogP contribution in [0.2, 0.25) is 0 Å². The smallest absolute Gasteiger partial charge is 0.255 e. The molecule has 2 amide bonds. The van der Waals surface area contributed by atoms with Crippen molar-refractivity contribution in [3.8, 4) is 5.75 Å². The Bertz CT molecular complexity index is 782. The van der Waals surface area contributed by atoms with Crippen LogP contribution in [-0.4, -0.2) is 36.9 Å². The van der Waals surface area contributed by atoms with Gasteiger partial charge in [-0.1, -0.05) is 24.3 Å². The molecular formula is C21H24N2O3. The molecule has 0 saturated carbocycles. The highest BCUT2D eigenvalue weighted by atomic mass is 16.5. The van der Waals surface area contributed by atoms with Gasteiger partial charge in [-0.3, -0.25) is 9.59 Å². The second-order valence-electron chi connectivity index (χ2n) is 6.47. The molecule has 0 radical (unpaired) electrons.